The fourth-order valence-corrected chi connectivity index (χ4v) is 3.86. The Balaban J connectivity index is 2.76. The van der Waals surface area contributed by atoms with Gasteiger partial charge in [-0.1, -0.05) is 12.2 Å². The Kier molecular flexibility index (Phi) is 5.30. The van der Waals surface area contributed by atoms with Crippen molar-refractivity contribution in [2.75, 3.05) is 26.0 Å². The molecule has 1 unspecified atom stereocenters. The van der Waals surface area contributed by atoms with E-state index in [0.717, 1.165) is 12.8 Å². The molecule has 1 aliphatic carbocycles. The third kappa shape index (κ3) is 4.50. The summed E-state index contributed by atoms with van der Waals surface area (Å²) in [4.78, 5) is 0.00964. The molecule has 1 fully saturated rings. The van der Waals surface area contributed by atoms with Crippen LogP contribution in [0.25, 0.3) is 0 Å². The van der Waals surface area contributed by atoms with Gasteiger partial charge in [-0.05, 0) is 25.7 Å². The monoisotopic (exact) mass is 280 g/mol. The molecule has 1 saturated carbocycles. The van der Waals surface area contributed by atoms with E-state index >= 15 is 0 Å². The van der Waals surface area contributed by atoms with Crippen molar-refractivity contribution in [3.05, 3.63) is 0 Å². The maximum Gasteiger partial charge on any atom is 0.220 e. The number of nitrogens with two attached hydrogens (primary N) is 1. The molecule has 1 atom stereocenters. The van der Waals surface area contributed by atoms with Gasteiger partial charge in [0.25, 0.3) is 0 Å². The number of hydrogen-bond acceptors (Lipinski definition) is 4. The molecule has 1 aliphatic rings. The van der Waals surface area contributed by atoms with Crippen molar-refractivity contribution >= 4 is 27.2 Å². The van der Waals surface area contributed by atoms with Gasteiger partial charge in [0.1, 0.15) is 5.75 Å². The van der Waals surface area contributed by atoms with Crippen LogP contribution in [0.4, 0.5) is 0 Å². The first kappa shape index (κ1) is 14.8. The lowest BCUT2D eigenvalue weighted by atomic mass is 10.2. The summed E-state index contributed by atoms with van der Waals surface area (Å²) in [6, 6.07) is 0.00417. The van der Waals surface area contributed by atoms with Gasteiger partial charge in [0.2, 0.25) is 10.0 Å². The molecule has 0 bridgehead atoms. The van der Waals surface area contributed by atoms with E-state index in [1.807, 2.05) is 6.92 Å². The van der Waals surface area contributed by atoms with Gasteiger partial charge in [-0.3, -0.25) is 0 Å². The summed E-state index contributed by atoms with van der Waals surface area (Å²) in [7, 11) is -1.86. The van der Waals surface area contributed by atoms with Crippen LogP contribution in [0.1, 0.15) is 19.8 Å². The summed E-state index contributed by atoms with van der Waals surface area (Å²) in [5.41, 5.74) is 5.33. The fourth-order valence-electron chi connectivity index (χ4n) is 1.85. The number of thiocarbonyl (C=S) groups is 1. The Morgan fingerprint density at radius 3 is 2.59 bits per heavy atom. The first-order valence-electron chi connectivity index (χ1n) is 5.65. The number of methoxy groups -OCH3 is 1. The van der Waals surface area contributed by atoms with E-state index in [-0.39, 0.29) is 16.8 Å². The SMILES string of the molecule is COCCN(C(C)C1CC1)S(=O)(=O)CC(N)=S. The van der Waals surface area contributed by atoms with Crippen LogP contribution in [0.3, 0.4) is 0 Å². The molecule has 0 radical (unpaired) electrons. The summed E-state index contributed by atoms with van der Waals surface area (Å²) in [5.74, 6) is 0.205. The van der Waals surface area contributed by atoms with Crippen molar-refractivity contribution in [2.24, 2.45) is 11.7 Å². The van der Waals surface area contributed by atoms with Crippen LogP contribution < -0.4 is 5.73 Å². The van der Waals surface area contributed by atoms with Gasteiger partial charge < -0.3 is 10.5 Å². The topological polar surface area (TPSA) is 72.6 Å². The quantitative estimate of drug-likeness (QED) is 0.650. The van der Waals surface area contributed by atoms with Crippen molar-refractivity contribution < 1.29 is 13.2 Å². The van der Waals surface area contributed by atoms with Crippen molar-refractivity contribution in [3.8, 4) is 0 Å². The van der Waals surface area contributed by atoms with E-state index in [4.69, 9.17) is 10.5 Å². The number of rotatable bonds is 8. The lowest BCUT2D eigenvalue weighted by molar-refractivity contribution is 0.164. The number of hydrogen-bond donors (Lipinski definition) is 1. The fraction of sp³-hybridized carbons (Fsp3) is 0.900. The Labute approximate surface area is 108 Å². The molecule has 2 N–H and O–H groups in total. The highest BCUT2D eigenvalue weighted by molar-refractivity contribution is 7.92. The smallest absolute Gasteiger partial charge is 0.220 e. The second kappa shape index (κ2) is 6.08. The molecule has 100 valence electrons. The standard InChI is InChI=1S/C10H20N2O3S2/c1-8(9-3-4-9)12(5-6-15-2)17(13,14)7-10(11)16/h8-9H,3-7H2,1-2H3,(H2,11,16). The van der Waals surface area contributed by atoms with E-state index in [9.17, 15) is 8.42 Å². The van der Waals surface area contributed by atoms with Gasteiger partial charge in [-0.25, -0.2) is 8.42 Å². The normalized spacial score (nSPS) is 18.3. The van der Waals surface area contributed by atoms with Crippen LogP contribution in [0, 0.1) is 5.92 Å². The second-order valence-corrected chi connectivity index (χ2v) is 6.85. The van der Waals surface area contributed by atoms with E-state index < -0.39 is 10.0 Å². The Hall–Kier alpha value is -0.240. The summed E-state index contributed by atoms with van der Waals surface area (Å²) in [6.07, 6.45) is 2.18. The molecular weight excluding hydrogens is 260 g/mol. The van der Waals surface area contributed by atoms with Crippen LogP contribution in [-0.2, 0) is 14.8 Å². The molecule has 0 aromatic rings. The van der Waals surface area contributed by atoms with Crippen LogP contribution in [0.5, 0.6) is 0 Å². The predicted octanol–water partition coefficient (Wildman–Crippen LogP) is 0.349. The number of sulfonamides is 1. The number of ether oxygens (including phenoxy) is 1. The van der Waals surface area contributed by atoms with Crippen LogP contribution in [0.15, 0.2) is 0 Å². The lowest BCUT2D eigenvalue weighted by Crippen LogP contribution is -2.45. The zero-order valence-electron chi connectivity index (χ0n) is 10.3. The molecule has 0 heterocycles. The Bertz CT molecular complexity index is 366. The Morgan fingerprint density at radius 1 is 1.59 bits per heavy atom. The van der Waals surface area contributed by atoms with Gasteiger partial charge >= 0.3 is 0 Å². The van der Waals surface area contributed by atoms with E-state index in [1.165, 1.54) is 4.31 Å². The maximum atomic E-state index is 12.1. The molecule has 1 rings (SSSR count). The minimum absolute atomic E-state index is 0.00417. The zero-order valence-corrected chi connectivity index (χ0v) is 11.9. The molecule has 0 aromatic carbocycles. The molecule has 0 saturated heterocycles. The number of nitrogens with zero attached hydrogens (tertiary/aromatic N) is 1. The summed E-state index contributed by atoms with van der Waals surface area (Å²) in [5, 5.41) is 0. The van der Waals surface area contributed by atoms with Crippen molar-refractivity contribution in [1.82, 2.24) is 4.31 Å². The summed E-state index contributed by atoms with van der Waals surface area (Å²) in [6.45, 7) is 2.68. The molecule has 17 heavy (non-hydrogen) atoms. The summed E-state index contributed by atoms with van der Waals surface area (Å²) < 4.78 is 30.7. The van der Waals surface area contributed by atoms with Gasteiger partial charge in [0.05, 0.1) is 11.6 Å². The van der Waals surface area contributed by atoms with Crippen molar-refractivity contribution in [2.45, 2.75) is 25.8 Å². The molecule has 0 spiro atoms. The molecule has 0 aromatic heterocycles. The highest BCUT2D eigenvalue weighted by Gasteiger charge is 2.37. The largest absolute Gasteiger partial charge is 0.392 e. The zero-order chi connectivity index (χ0) is 13.1. The first-order chi connectivity index (χ1) is 7.88. The molecule has 5 nitrogen and oxygen atoms in total. The minimum Gasteiger partial charge on any atom is -0.392 e. The van der Waals surface area contributed by atoms with Crippen LogP contribution in [-0.4, -0.2) is 49.8 Å². The van der Waals surface area contributed by atoms with Gasteiger partial charge in [-0.15, -0.1) is 0 Å². The molecule has 0 amide bonds. The third-order valence-electron chi connectivity index (χ3n) is 2.96. The maximum absolute atomic E-state index is 12.1. The average Bonchev–Trinajstić information content (AvgIpc) is 2.98. The van der Waals surface area contributed by atoms with E-state index in [0.29, 0.717) is 19.1 Å². The van der Waals surface area contributed by atoms with Gasteiger partial charge in [0, 0.05) is 19.7 Å². The van der Waals surface area contributed by atoms with Gasteiger partial charge in [0.15, 0.2) is 0 Å². The van der Waals surface area contributed by atoms with Gasteiger partial charge in [-0.2, -0.15) is 4.31 Å². The average molecular weight is 280 g/mol. The Morgan fingerprint density at radius 2 is 2.18 bits per heavy atom. The highest BCUT2D eigenvalue weighted by Crippen LogP contribution is 2.36. The molecule has 0 aliphatic heterocycles. The third-order valence-corrected chi connectivity index (χ3v) is 5.19. The highest BCUT2D eigenvalue weighted by atomic mass is 32.2. The van der Waals surface area contributed by atoms with Crippen molar-refractivity contribution in [3.63, 3.8) is 0 Å². The molecule has 7 heteroatoms. The minimum atomic E-state index is -3.41. The van der Waals surface area contributed by atoms with E-state index in [1.54, 1.807) is 7.11 Å². The first-order valence-corrected chi connectivity index (χ1v) is 7.67. The second-order valence-electron chi connectivity index (χ2n) is 4.40. The van der Waals surface area contributed by atoms with Crippen LogP contribution >= 0.6 is 12.2 Å². The van der Waals surface area contributed by atoms with Crippen molar-refractivity contribution in [1.29, 1.82) is 0 Å². The molecular formula is C10H20N2O3S2. The predicted molar refractivity (Wildman–Crippen MR) is 71.3 cm³/mol. The summed E-state index contributed by atoms with van der Waals surface area (Å²) >= 11 is 4.68. The van der Waals surface area contributed by atoms with Crippen LogP contribution in [0.2, 0.25) is 0 Å². The van der Waals surface area contributed by atoms with E-state index in [2.05, 4.69) is 12.2 Å². The lowest BCUT2D eigenvalue weighted by Gasteiger charge is -2.28.